The Kier molecular flexibility index (Phi) is 3.91. The van der Waals surface area contributed by atoms with E-state index in [4.69, 9.17) is 0 Å². The molecule has 22 heavy (non-hydrogen) atoms. The van der Waals surface area contributed by atoms with Gasteiger partial charge in [0.2, 0.25) is 5.91 Å². The molecular formula is C16H18N4O2. The highest BCUT2D eigenvalue weighted by atomic mass is 16.2. The molecule has 114 valence electrons. The molecule has 0 spiro atoms. The Labute approximate surface area is 128 Å². The number of carbonyl (C=O) groups is 2. The Hall–Kier alpha value is -2.63. The molecule has 1 saturated carbocycles. The standard InChI is InChI=1S/C16H18N4O2/c1-20(10-15(21)17-12-5-3-2-4-6-12)16(22)14-9-13(18-19-14)11-7-8-11/h2-6,9,11H,7-8,10H2,1H3,(H,17,21)(H,18,19). The zero-order valence-corrected chi connectivity index (χ0v) is 12.4. The molecule has 6 heteroatoms. The van der Waals surface area contributed by atoms with Gasteiger partial charge in [-0.1, -0.05) is 18.2 Å². The largest absolute Gasteiger partial charge is 0.331 e. The Bertz CT molecular complexity index is 676. The van der Waals surface area contributed by atoms with Gasteiger partial charge >= 0.3 is 0 Å². The number of aromatic amines is 1. The van der Waals surface area contributed by atoms with Crippen LogP contribution in [0.2, 0.25) is 0 Å². The number of amides is 2. The van der Waals surface area contributed by atoms with E-state index in [0.29, 0.717) is 17.3 Å². The molecule has 0 atom stereocenters. The Morgan fingerprint density at radius 2 is 2.05 bits per heavy atom. The smallest absolute Gasteiger partial charge is 0.274 e. The van der Waals surface area contributed by atoms with Gasteiger partial charge in [-0.25, -0.2) is 0 Å². The first-order valence-corrected chi connectivity index (χ1v) is 7.29. The normalized spacial score (nSPS) is 13.7. The average molecular weight is 298 g/mol. The van der Waals surface area contributed by atoms with Gasteiger partial charge < -0.3 is 10.2 Å². The van der Waals surface area contributed by atoms with Crippen molar-refractivity contribution >= 4 is 17.5 Å². The molecule has 1 heterocycles. The second-order valence-corrected chi connectivity index (χ2v) is 5.56. The Balaban J connectivity index is 1.57. The zero-order chi connectivity index (χ0) is 15.5. The van der Waals surface area contributed by atoms with Crippen LogP contribution >= 0.6 is 0 Å². The highest BCUT2D eigenvalue weighted by Gasteiger charge is 2.27. The number of H-pyrrole nitrogens is 1. The van der Waals surface area contributed by atoms with Crippen molar-refractivity contribution in [2.24, 2.45) is 0 Å². The van der Waals surface area contributed by atoms with Crippen LogP contribution in [0.3, 0.4) is 0 Å². The topological polar surface area (TPSA) is 78.1 Å². The predicted molar refractivity (Wildman–Crippen MR) is 82.6 cm³/mol. The van der Waals surface area contributed by atoms with Gasteiger partial charge in [-0.2, -0.15) is 5.10 Å². The molecule has 2 N–H and O–H groups in total. The van der Waals surface area contributed by atoms with E-state index in [1.807, 2.05) is 18.2 Å². The van der Waals surface area contributed by atoms with Crippen molar-refractivity contribution in [1.82, 2.24) is 15.1 Å². The summed E-state index contributed by atoms with van der Waals surface area (Å²) in [7, 11) is 1.60. The average Bonchev–Trinajstić information content (AvgIpc) is 3.25. The number of likely N-dealkylation sites (N-methyl/N-ethyl adjacent to an activating group) is 1. The number of benzene rings is 1. The minimum atomic E-state index is -0.258. The maximum atomic E-state index is 12.3. The lowest BCUT2D eigenvalue weighted by molar-refractivity contribution is -0.116. The number of anilines is 1. The summed E-state index contributed by atoms with van der Waals surface area (Å²) in [5, 5.41) is 9.69. The van der Waals surface area contributed by atoms with Crippen LogP contribution in [0.4, 0.5) is 5.69 Å². The fourth-order valence-corrected chi connectivity index (χ4v) is 2.25. The molecule has 0 aliphatic heterocycles. The van der Waals surface area contributed by atoms with E-state index >= 15 is 0 Å². The van der Waals surface area contributed by atoms with Crippen molar-refractivity contribution in [2.75, 3.05) is 18.9 Å². The summed E-state index contributed by atoms with van der Waals surface area (Å²) >= 11 is 0. The molecule has 0 saturated heterocycles. The Morgan fingerprint density at radius 3 is 2.73 bits per heavy atom. The van der Waals surface area contributed by atoms with E-state index in [1.165, 1.54) is 4.90 Å². The van der Waals surface area contributed by atoms with Gasteiger partial charge in [0, 0.05) is 24.3 Å². The lowest BCUT2D eigenvalue weighted by Crippen LogP contribution is -2.35. The van der Waals surface area contributed by atoms with E-state index in [0.717, 1.165) is 18.5 Å². The molecule has 0 radical (unpaired) electrons. The van der Waals surface area contributed by atoms with Crippen molar-refractivity contribution in [3.63, 3.8) is 0 Å². The van der Waals surface area contributed by atoms with Crippen molar-refractivity contribution in [3.8, 4) is 0 Å². The van der Waals surface area contributed by atoms with Crippen LogP contribution in [-0.4, -0.2) is 40.5 Å². The highest BCUT2D eigenvalue weighted by molar-refractivity contribution is 5.98. The number of nitrogens with zero attached hydrogens (tertiary/aromatic N) is 2. The van der Waals surface area contributed by atoms with Crippen molar-refractivity contribution < 1.29 is 9.59 Å². The monoisotopic (exact) mass is 298 g/mol. The maximum absolute atomic E-state index is 12.3. The van der Waals surface area contributed by atoms with Crippen molar-refractivity contribution in [2.45, 2.75) is 18.8 Å². The van der Waals surface area contributed by atoms with Crippen LogP contribution < -0.4 is 5.32 Å². The molecule has 1 fully saturated rings. The van der Waals surface area contributed by atoms with Gasteiger partial charge in [0.05, 0.1) is 6.54 Å². The number of aromatic nitrogens is 2. The summed E-state index contributed by atoms with van der Waals surface area (Å²) in [6, 6.07) is 10.9. The molecule has 6 nitrogen and oxygen atoms in total. The number of nitrogens with one attached hydrogen (secondary N) is 2. The molecule has 0 bridgehead atoms. The summed E-state index contributed by atoms with van der Waals surface area (Å²) in [6.45, 7) is -0.0145. The van der Waals surface area contributed by atoms with Crippen LogP contribution in [0.15, 0.2) is 36.4 Å². The van der Waals surface area contributed by atoms with Gasteiger partial charge in [-0.15, -0.1) is 0 Å². The first kappa shape index (κ1) is 14.3. The number of carbonyl (C=O) groups excluding carboxylic acids is 2. The van der Waals surface area contributed by atoms with Crippen LogP contribution in [0, 0.1) is 0 Å². The lowest BCUT2D eigenvalue weighted by Gasteiger charge is -2.15. The number of rotatable bonds is 5. The predicted octanol–water partition coefficient (Wildman–Crippen LogP) is 2.00. The Morgan fingerprint density at radius 1 is 1.32 bits per heavy atom. The molecule has 2 aromatic rings. The molecule has 3 rings (SSSR count). The number of hydrogen-bond acceptors (Lipinski definition) is 3. The molecule has 1 aromatic carbocycles. The summed E-state index contributed by atoms with van der Waals surface area (Å²) in [5.41, 5.74) is 2.08. The van der Waals surface area contributed by atoms with E-state index in [1.54, 1.807) is 25.2 Å². The fraction of sp³-hybridized carbons (Fsp3) is 0.312. The van der Waals surface area contributed by atoms with E-state index in [2.05, 4.69) is 15.5 Å². The molecular weight excluding hydrogens is 280 g/mol. The van der Waals surface area contributed by atoms with Gasteiger partial charge in [-0.3, -0.25) is 14.7 Å². The number of hydrogen-bond donors (Lipinski definition) is 2. The van der Waals surface area contributed by atoms with E-state index in [-0.39, 0.29) is 18.4 Å². The molecule has 1 aliphatic carbocycles. The van der Waals surface area contributed by atoms with Gasteiger partial charge in [0.1, 0.15) is 5.69 Å². The van der Waals surface area contributed by atoms with E-state index in [9.17, 15) is 9.59 Å². The zero-order valence-electron chi connectivity index (χ0n) is 12.4. The van der Waals surface area contributed by atoms with E-state index < -0.39 is 0 Å². The first-order chi connectivity index (χ1) is 10.6. The molecule has 1 aliphatic rings. The molecule has 1 aromatic heterocycles. The fourth-order valence-electron chi connectivity index (χ4n) is 2.25. The first-order valence-electron chi connectivity index (χ1n) is 7.29. The van der Waals surface area contributed by atoms with Crippen LogP contribution in [-0.2, 0) is 4.79 Å². The maximum Gasteiger partial charge on any atom is 0.274 e. The van der Waals surface area contributed by atoms with Gasteiger partial charge in [0.25, 0.3) is 5.91 Å². The molecule has 0 unspecified atom stereocenters. The summed E-state index contributed by atoms with van der Waals surface area (Å²) in [4.78, 5) is 25.6. The highest BCUT2D eigenvalue weighted by Crippen LogP contribution is 2.39. The van der Waals surface area contributed by atoms with Crippen LogP contribution in [0.1, 0.15) is 34.9 Å². The number of para-hydroxylation sites is 1. The quantitative estimate of drug-likeness (QED) is 0.886. The van der Waals surface area contributed by atoms with Gasteiger partial charge in [-0.05, 0) is 31.0 Å². The van der Waals surface area contributed by atoms with Gasteiger partial charge in [0.15, 0.2) is 0 Å². The van der Waals surface area contributed by atoms with Crippen molar-refractivity contribution in [1.29, 1.82) is 0 Å². The molecule has 2 amide bonds. The van der Waals surface area contributed by atoms with Crippen molar-refractivity contribution in [3.05, 3.63) is 47.8 Å². The lowest BCUT2D eigenvalue weighted by atomic mass is 10.2. The summed E-state index contributed by atoms with van der Waals surface area (Å²) < 4.78 is 0. The third kappa shape index (κ3) is 3.33. The third-order valence-corrected chi connectivity index (χ3v) is 3.62. The minimum Gasteiger partial charge on any atom is -0.331 e. The van der Waals surface area contributed by atoms with Crippen LogP contribution in [0.25, 0.3) is 0 Å². The minimum absolute atomic E-state index is 0.0145. The SMILES string of the molecule is CN(CC(=O)Nc1ccccc1)C(=O)c1cc(C2CC2)[nH]n1. The second-order valence-electron chi connectivity index (χ2n) is 5.56. The third-order valence-electron chi connectivity index (χ3n) is 3.62. The summed E-state index contributed by atoms with van der Waals surface area (Å²) in [5.74, 6) is 0.0205. The second kappa shape index (κ2) is 6.01. The van der Waals surface area contributed by atoms with Crippen LogP contribution in [0.5, 0.6) is 0 Å². The summed E-state index contributed by atoms with van der Waals surface area (Å²) in [6.07, 6.45) is 2.29.